The van der Waals surface area contributed by atoms with Crippen LogP contribution in [0.1, 0.15) is 93.3 Å². The smallest absolute Gasteiger partial charge is 0.411 e. The number of aliphatic hydroxyl groups is 1. The fraction of sp³-hybridized carbons (Fsp3) is 0.553. The second-order valence-corrected chi connectivity index (χ2v) is 19.1. The minimum absolute atomic E-state index is 0. The van der Waals surface area contributed by atoms with E-state index in [1.54, 1.807) is 58.2 Å². The number of nitrogens with two attached hydrogens (primary N) is 1. The number of cyclic esters (lactones) is 1. The van der Waals surface area contributed by atoms with Gasteiger partial charge in [0.15, 0.2) is 0 Å². The molecule has 0 bridgehead atoms. The van der Waals surface area contributed by atoms with Gasteiger partial charge in [-0.1, -0.05) is 20.8 Å². The maximum atomic E-state index is 14.0. The number of anilines is 1. The van der Waals surface area contributed by atoms with E-state index in [1.165, 1.54) is 0 Å². The molecule has 52 heavy (non-hydrogen) atoms. The van der Waals surface area contributed by atoms with Crippen LogP contribution in [0.15, 0.2) is 29.1 Å². The number of aryl methyl sites for hydroxylation is 1. The number of carbonyl (C=O) groups excluding carboxylic acids is 3. The van der Waals surface area contributed by atoms with Gasteiger partial charge in [-0.2, -0.15) is 0 Å². The fourth-order valence-electron chi connectivity index (χ4n) is 5.82. The number of pyridine rings is 2. The number of nitrogens with zero attached hydrogens (tertiary/aromatic N) is 2. The molecule has 1 aromatic carbocycles. The van der Waals surface area contributed by atoms with Crippen molar-refractivity contribution in [2.45, 2.75) is 105 Å². The van der Waals surface area contributed by atoms with Crippen LogP contribution in [0.2, 0.25) is 0 Å². The lowest BCUT2D eigenvalue weighted by Gasteiger charge is -2.35. The van der Waals surface area contributed by atoms with E-state index in [-0.39, 0.29) is 51.5 Å². The van der Waals surface area contributed by atoms with E-state index in [2.05, 4.69) is 24.1 Å². The van der Waals surface area contributed by atoms with E-state index in [0.29, 0.717) is 34.7 Å². The van der Waals surface area contributed by atoms with Crippen LogP contribution in [0.3, 0.4) is 0 Å². The second-order valence-electron chi connectivity index (χ2n) is 14.5. The third kappa shape index (κ3) is 10.3. The lowest BCUT2D eigenvalue weighted by atomic mass is 9.85. The van der Waals surface area contributed by atoms with E-state index < -0.39 is 39.3 Å². The van der Waals surface area contributed by atoms with Crippen LogP contribution in [0.5, 0.6) is 0 Å². The van der Waals surface area contributed by atoms with Crippen molar-refractivity contribution in [2.75, 3.05) is 36.4 Å². The van der Waals surface area contributed by atoms with Gasteiger partial charge in [-0.05, 0) is 102 Å². The first-order valence-corrected chi connectivity index (χ1v) is 20.5. The Labute approximate surface area is 311 Å². The number of amides is 1. The molecule has 1 amide bonds. The zero-order chi connectivity index (χ0) is 38.5. The number of hydrogen-bond acceptors (Lipinski definition) is 10. The van der Waals surface area contributed by atoms with Gasteiger partial charge >= 0.3 is 18.0 Å². The number of rotatable bonds is 9. The predicted octanol–water partition coefficient (Wildman–Crippen LogP) is 5.64. The summed E-state index contributed by atoms with van der Waals surface area (Å²) in [5, 5.41) is 12.2. The molecule has 0 saturated heterocycles. The van der Waals surface area contributed by atoms with E-state index in [0.717, 1.165) is 28.7 Å². The summed E-state index contributed by atoms with van der Waals surface area (Å²) in [6.45, 7) is 14.7. The number of aromatic nitrogens is 2. The summed E-state index contributed by atoms with van der Waals surface area (Å²) in [5.41, 5.74) is 8.06. The third-order valence-electron chi connectivity index (χ3n) is 7.96. The first kappa shape index (κ1) is 44.2. The van der Waals surface area contributed by atoms with Crippen molar-refractivity contribution in [2.24, 2.45) is 5.73 Å². The fourth-order valence-corrected chi connectivity index (χ4v) is 6.63. The third-order valence-corrected chi connectivity index (χ3v) is 9.39. The molecule has 14 heteroatoms. The number of fused-ring (bicyclic) bond motifs is 5. The van der Waals surface area contributed by atoms with Crippen LogP contribution in [0, 0.1) is 0 Å². The van der Waals surface area contributed by atoms with Crippen molar-refractivity contribution in [1.29, 1.82) is 0 Å². The average Bonchev–Trinajstić information content (AvgIpc) is 3.39. The average molecular weight is 751 g/mol. The Morgan fingerprint density at radius 2 is 1.79 bits per heavy atom. The maximum Gasteiger partial charge on any atom is 0.411 e. The molecule has 2 aromatic heterocycles. The Hall–Kier alpha value is -3.98. The topological polar surface area (TPSA) is 204 Å². The van der Waals surface area contributed by atoms with Crippen LogP contribution in [-0.2, 0) is 49.0 Å². The van der Waals surface area contributed by atoms with E-state index in [4.69, 9.17) is 30.0 Å². The molecule has 0 spiro atoms. The second kappa shape index (κ2) is 17.7. The van der Waals surface area contributed by atoms with Crippen LogP contribution >= 0.6 is 10.0 Å². The molecule has 6 N–H and O–H groups in total. The lowest BCUT2D eigenvalue weighted by Crippen LogP contribution is -2.47. The van der Waals surface area contributed by atoms with Gasteiger partial charge < -0.3 is 35.1 Å². The summed E-state index contributed by atoms with van der Waals surface area (Å²) in [5.74, 6) is -0.402. The summed E-state index contributed by atoms with van der Waals surface area (Å²) in [6, 6.07) is 7.28. The summed E-state index contributed by atoms with van der Waals surface area (Å²) >= 11 is 0. The van der Waals surface area contributed by atoms with Gasteiger partial charge in [0.2, 0.25) is 5.60 Å². The molecule has 0 saturated carbocycles. The SMILES string of the molecule is CC.CC(C)(C)O.CC[C@@]1(OC(=O)CCN)C(=O)OCc2c1cc1n(c2=O)Cc2c-1nc1ccc(NC(=O)OC(C)C)cc1c2CCS(C)(C)C.O.[HH].[HH]. The first-order chi connectivity index (χ1) is 23.8. The van der Waals surface area contributed by atoms with E-state index in [1.807, 2.05) is 26.0 Å². The molecule has 13 nitrogen and oxygen atoms in total. The molecule has 0 unspecified atom stereocenters. The maximum absolute atomic E-state index is 14.0. The summed E-state index contributed by atoms with van der Waals surface area (Å²) in [7, 11) is -0.871. The molecule has 0 fully saturated rings. The van der Waals surface area contributed by atoms with E-state index >= 15 is 0 Å². The van der Waals surface area contributed by atoms with Gasteiger partial charge in [-0.25, -0.2) is 24.6 Å². The molecular formula is C38H62N4O9S. The molecule has 3 aromatic rings. The minimum Gasteiger partial charge on any atom is -0.457 e. The van der Waals surface area contributed by atoms with Gasteiger partial charge in [0, 0.05) is 31.6 Å². The molecule has 2 aliphatic rings. The summed E-state index contributed by atoms with van der Waals surface area (Å²) < 4.78 is 18.1. The quantitative estimate of drug-likeness (QED) is 0.142. The van der Waals surface area contributed by atoms with Crippen LogP contribution in [0.25, 0.3) is 22.3 Å². The van der Waals surface area contributed by atoms with Gasteiger partial charge in [-0.15, -0.1) is 0 Å². The monoisotopic (exact) mass is 750 g/mol. The Balaban J connectivity index is 0.00000260. The Morgan fingerprint density at radius 3 is 2.35 bits per heavy atom. The number of ether oxygens (including phenoxy) is 3. The number of esters is 2. The molecule has 5 rings (SSSR count). The van der Waals surface area contributed by atoms with Crippen molar-refractivity contribution in [1.82, 2.24) is 9.55 Å². The summed E-state index contributed by atoms with van der Waals surface area (Å²) in [6.07, 6.45) is 6.73. The number of nitrogens with one attached hydrogen (secondary N) is 1. The zero-order valence-corrected chi connectivity index (χ0v) is 33.3. The van der Waals surface area contributed by atoms with Gasteiger partial charge in [0.25, 0.3) is 5.56 Å². The number of carbonyl (C=O) groups is 3. The highest BCUT2D eigenvalue weighted by Crippen LogP contribution is 2.43. The first-order valence-electron chi connectivity index (χ1n) is 17.5. The van der Waals surface area contributed by atoms with Crippen molar-refractivity contribution in [3.63, 3.8) is 0 Å². The molecule has 294 valence electrons. The Kier molecular flexibility index (Phi) is 15.0. The largest absolute Gasteiger partial charge is 0.457 e. The molecule has 0 aliphatic carbocycles. The summed E-state index contributed by atoms with van der Waals surface area (Å²) in [4.78, 5) is 57.2. The lowest BCUT2D eigenvalue weighted by molar-refractivity contribution is -0.189. The van der Waals surface area contributed by atoms with Crippen LogP contribution in [-0.4, -0.2) is 80.9 Å². The van der Waals surface area contributed by atoms with Crippen molar-refractivity contribution in [3.05, 3.63) is 56.9 Å². The van der Waals surface area contributed by atoms with Crippen molar-refractivity contribution >= 4 is 44.7 Å². The molecule has 0 radical (unpaired) electrons. The number of benzene rings is 1. The van der Waals surface area contributed by atoms with Gasteiger partial charge in [0.05, 0.1) is 47.1 Å². The van der Waals surface area contributed by atoms with Gasteiger partial charge in [0.1, 0.15) is 6.61 Å². The highest BCUT2D eigenvalue weighted by Gasteiger charge is 2.50. The molecule has 1 atom stereocenters. The molecule has 4 heterocycles. The van der Waals surface area contributed by atoms with E-state index in [9.17, 15) is 19.2 Å². The van der Waals surface area contributed by atoms with Crippen molar-refractivity contribution < 1.29 is 42.0 Å². The zero-order valence-electron chi connectivity index (χ0n) is 32.5. The standard InChI is InChI=1S/C32H40N4O7S.C4H10O.C2H6.H2O.2H2/c1-7-32(43-27(37)10-12-33)24-15-26-28-22(16-36(26)29(38)23(24)17-41-30(32)39)20(11-13-44(4,5)6)21-14-19(8-9-25(21)35-28)34-31(40)42-18(2)3;1-4(2,3)5;1-2;;;/h8-9,14-15,18H,7,10-13,16-17,33H2,1-6H3,(H,34,40);5H,1-3H3;1-2H3;1H2;2*1H/t32-;;;;;/m0...../s1. The highest BCUT2D eigenvalue weighted by atomic mass is 32.3. The molecular weight excluding hydrogens is 689 g/mol. The van der Waals surface area contributed by atoms with Crippen LogP contribution in [0.4, 0.5) is 10.5 Å². The highest BCUT2D eigenvalue weighted by molar-refractivity contribution is 8.32. The molecule has 2 aliphatic heterocycles. The minimum atomic E-state index is -1.75. The Bertz CT molecular complexity index is 1830. The number of hydrogen-bond donors (Lipinski definition) is 3. The van der Waals surface area contributed by atoms with Crippen LogP contribution < -0.4 is 16.6 Å². The van der Waals surface area contributed by atoms with Gasteiger partial charge in [-0.3, -0.25) is 14.9 Å². The normalized spacial score (nSPS) is 16.1. The van der Waals surface area contributed by atoms with Crippen molar-refractivity contribution in [3.8, 4) is 11.4 Å². The Morgan fingerprint density at radius 1 is 1.15 bits per heavy atom. The predicted molar refractivity (Wildman–Crippen MR) is 212 cm³/mol.